The summed E-state index contributed by atoms with van der Waals surface area (Å²) in [5, 5.41) is 30.1. The predicted octanol–water partition coefficient (Wildman–Crippen LogP) is 2.99. The molecule has 0 spiro atoms. The number of halogens is 1. The molecular formula is C30H47ClN4O7. The zero-order valence-electron chi connectivity index (χ0n) is 25.4. The van der Waals surface area contributed by atoms with Gasteiger partial charge in [0, 0.05) is 49.3 Å². The first kappa shape index (κ1) is 37.0. The number of amides is 2. The van der Waals surface area contributed by atoms with Crippen LogP contribution >= 0.6 is 11.6 Å². The Hall–Kier alpha value is -2.99. The van der Waals surface area contributed by atoms with Gasteiger partial charge >= 0.3 is 11.9 Å². The lowest BCUT2D eigenvalue weighted by Crippen LogP contribution is -2.64. The first-order valence-electron chi connectivity index (χ1n) is 14.1. The minimum atomic E-state index is -1.26. The fourth-order valence-corrected chi connectivity index (χ4v) is 4.66. The lowest BCUT2D eigenvalue weighted by molar-refractivity contribution is -0.134. The number of benzene rings is 1. The number of hydrogen-bond donors (Lipinski definition) is 5. The number of nitrogens with one attached hydrogen (secondary N) is 1. The standard InChI is InChI=1S/C26H43ClN4O3.C4H4O4/c1-7-18(4)13-29-25(34)19(17(2)3)12-23(32)21(28)14-30-15-24(33)31(16-26(30,5)6)22-11-9-8-10-20(22)27;5-3(6)1-2-4(7)8/h8-11,17-19,21,23,32H,7,12-16,28H2,1-6H3,(H,29,34);1-2H,(H,5,6)(H,7,8)/b;2-1+/t18-,19-,21-,23-;/m0./s1. The van der Waals surface area contributed by atoms with Gasteiger partial charge in [-0.15, -0.1) is 0 Å². The molecule has 0 aromatic heterocycles. The molecule has 0 aliphatic carbocycles. The lowest BCUT2D eigenvalue weighted by atomic mass is 9.86. The monoisotopic (exact) mass is 610 g/mol. The van der Waals surface area contributed by atoms with Gasteiger partial charge in [0.1, 0.15) is 0 Å². The third-order valence-corrected chi connectivity index (χ3v) is 7.74. The molecule has 1 heterocycles. The number of aliphatic hydroxyl groups is 1. The van der Waals surface area contributed by atoms with Gasteiger partial charge in [0.25, 0.3) is 0 Å². The molecule has 1 saturated heterocycles. The molecule has 12 heteroatoms. The quantitative estimate of drug-likeness (QED) is 0.210. The van der Waals surface area contributed by atoms with Gasteiger partial charge in [0.2, 0.25) is 11.8 Å². The molecule has 0 radical (unpaired) electrons. The second-order valence-corrected chi connectivity index (χ2v) is 12.1. The van der Waals surface area contributed by atoms with Gasteiger partial charge in [0.05, 0.1) is 23.4 Å². The van der Waals surface area contributed by atoms with Crippen LogP contribution in [0.2, 0.25) is 5.02 Å². The average molecular weight is 611 g/mol. The van der Waals surface area contributed by atoms with Gasteiger partial charge < -0.3 is 31.3 Å². The highest BCUT2D eigenvalue weighted by Gasteiger charge is 2.40. The van der Waals surface area contributed by atoms with Crippen LogP contribution in [-0.4, -0.2) is 87.8 Å². The SMILES string of the molecule is CC[C@H](C)CNC(=O)[C@@H](C[C@H](O)[C@@H](N)CN1CC(=O)N(c2ccccc2Cl)CC1(C)C)C(C)C.O=C(O)/C=C/C(=O)O. The van der Waals surface area contributed by atoms with Crippen LogP contribution < -0.4 is 16.0 Å². The van der Waals surface area contributed by atoms with Gasteiger partial charge in [0.15, 0.2) is 0 Å². The molecule has 42 heavy (non-hydrogen) atoms. The first-order chi connectivity index (χ1) is 19.5. The fraction of sp³-hybridized carbons (Fsp3) is 0.600. The summed E-state index contributed by atoms with van der Waals surface area (Å²) >= 11 is 6.33. The Labute approximate surface area is 253 Å². The van der Waals surface area contributed by atoms with E-state index in [1.807, 2.05) is 36.9 Å². The molecule has 2 amide bonds. The number of aliphatic carboxylic acids is 2. The number of anilines is 1. The molecule has 1 aliphatic heterocycles. The maximum Gasteiger partial charge on any atom is 0.328 e. The number of carboxylic acid groups (broad SMARTS) is 2. The highest BCUT2D eigenvalue weighted by Crippen LogP contribution is 2.31. The summed E-state index contributed by atoms with van der Waals surface area (Å²) in [4.78, 5) is 48.6. The normalized spacial score (nSPS) is 18.1. The van der Waals surface area contributed by atoms with Gasteiger partial charge in [-0.1, -0.05) is 57.8 Å². The summed E-state index contributed by atoms with van der Waals surface area (Å²) in [5.41, 5.74) is 6.75. The summed E-state index contributed by atoms with van der Waals surface area (Å²) in [5.74, 6) is -2.44. The topological polar surface area (TPSA) is 173 Å². The second-order valence-electron chi connectivity index (χ2n) is 11.7. The summed E-state index contributed by atoms with van der Waals surface area (Å²) < 4.78 is 0. The minimum absolute atomic E-state index is 0.0367. The predicted molar refractivity (Wildman–Crippen MR) is 163 cm³/mol. The van der Waals surface area contributed by atoms with E-state index in [4.69, 9.17) is 27.5 Å². The molecule has 1 fully saturated rings. The van der Waals surface area contributed by atoms with Gasteiger partial charge in [-0.3, -0.25) is 14.5 Å². The Morgan fingerprint density at radius 2 is 1.69 bits per heavy atom. The van der Waals surface area contributed by atoms with Gasteiger partial charge in [-0.05, 0) is 44.2 Å². The number of hydrogen-bond acceptors (Lipinski definition) is 7. The highest BCUT2D eigenvalue weighted by molar-refractivity contribution is 6.33. The molecule has 1 aromatic rings. The third-order valence-electron chi connectivity index (χ3n) is 7.42. The summed E-state index contributed by atoms with van der Waals surface area (Å²) in [6, 6.07) is 6.75. The van der Waals surface area contributed by atoms with Crippen LogP contribution in [0.4, 0.5) is 5.69 Å². The van der Waals surface area contributed by atoms with Crippen molar-refractivity contribution in [2.45, 2.75) is 72.1 Å². The maximum absolute atomic E-state index is 13.0. The van der Waals surface area contributed by atoms with E-state index in [9.17, 15) is 24.3 Å². The maximum atomic E-state index is 13.0. The van der Waals surface area contributed by atoms with Crippen molar-refractivity contribution in [3.63, 3.8) is 0 Å². The van der Waals surface area contributed by atoms with Crippen LogP contribution in [0.15, 0.2) is 36.4 Å². The van der Waals surface area contributed by atoms with Crippen molar-refractivity contribution in [2.75, 3.05) is 31.1 Å². The number of nitrogens with two attached hydrogens (primary N) is 1. The first-order valence-corrected chi connectivity index (χ1v) is 14.5. The van der Waals surface area contributed by atoms with Crippen molar-refractivity contribution in [3.05, 3.63) is 41.4 Å². The van der Waals surface area contributed by atoms with E-state index in [0.717, 1.165) is 6.42 Å². The molecular weight excluding hydrogens is 564 g/mol. The molecule has 1 aromatic carbocycles. The summed E-state index contributed by atoms with van der Waals surface area (Å²) in [6.07, 6.45) is 1.55. The smallest absolute Gasteiger partial charge is 0.328 e. The number of carboxylic acids is 2. The molecule has 6 N–H and O–H groups in total. The van der Waals surface area contributed by atoms with E-state index in [-0.39, 0.29) is 35.7 Å². The molecule has 0 unspecified atom stereocenters. The van der Waals surface area contributed by atoms with Crippen LogP contribution in [0.5, 0.6) is 0 Å². The van der Waals surface area contributed by atoms with Crippen LogP contribution in [0, 0.1) is 17.8 Å². The Balaban J connectivity index is 0.000000962. The zero-order chi connectivity index (χ0) is 32.2. The second kappa shape index (κ2) is 17.2. The molecule has 0 bridgehead atoms. The Morgan fingerprint density at radius 3 is 2.19 bits per heavy atom. The van der Waals surface area contributed by atoms with Crippen LogP contribution in [0.25, 0.3) is 0 Å². The van der Waals surface area contributed by atoms with E-state index < -0.39 is 24.1 Å². The fourth-order valence-electron chi connectivity index (χ4n) is 4.43. The summed E-state index contributed by atoms with van der Waals surface area (Å²) in [7, 11) is 0. The van der Waals surface area contributed by atoms with Crippen LogP contribution in [0.1, 0.15) is 54.4 Å². The number of carbonyl (C=O) groups is 4. The van der Waals surface area contributed by atoms with Crippen LogP contribution in [-0.2, 0) is 19.2 Å². The van der Waals surface area contributed by atoms with Crippen molar-refractivity contribution >= 4 is 41.0 Å². The van der Waals surface area contributed by atoms with E-state index in [1.54, 1.807) is 11.0 Å². The largest absolute Gasteiger partial charge is 0.478 e. The molecule has 2 rings (SSSR count). The number of aliphatic hydroxyl groups excluding tert-OH is 1. The van der Waals surface area contributed by atoms with E-state index in [0.29, 0.717) is 54.8 Å². The molecule has 0 saturated carbocycles. The molecule has 11 nitrogen and oxygen atoms in total. The van der Waals surface area contributed by atoms with Crippen molar-refractivity contribution in [1.29, 1.82) is 0 Å². The van der Waals surface area contributed by atoms with E-state index in [1.165, 1.54) is 0 Å². The number of rotatable bonds is 13. The van der Waals surface area contributed by atoms with Gasteiger partial charge in [-0.25, -0.2) is 9.59 Å². The number of piperazine rings is 1. The molecule has 4 atom stereocenters. The van der Waals surface area contributed by atoms with E-state index >= 15 is 0 Å². The minimum Gasteiger partial charge on any atom is -0.478 e. The third kappa shape index (κ3) is 12.1. The zero-order valence-corrected chi connectivity index (χ0v) is 26.2. The van der Waals surface area contributed by atoms with Crippen molar-refractivity contribution in [2.24, 2.45) is 23.5 Å². The Bertz CT molecular complexity index is 1080. The number of carbonyl (C=O) groups excluding carboxylic acids is 2. The lowest BCUT2D eigenvalue weighted by Gasteiger charge is -2.47. The van der Waals surface area contributed by atoms with Crippen molar-refractivity contribution in [3.8, 4) is 0 Å². The van der Waals surface area contributed by atoms with Crippen molar-refractivity contribution in [1.82, 2.24) is 10.2 Å². The summed E-state index contributed by atoms with van der Waals surface area (Å²) in [6.45, 7) is 13.9. The molecule has 236 valence electrons. The van der Waals surface area contributed by atoms with Crippen LogP contribution in [0.3, 0.4) is 0 Å². The average Bonchev–Trinajstić information content (AvgIpc) is 2.91. The van der Waals surface area contributed by atoms with E-state index in [2.05, 4.69) is 33.0 Å². The van der Waals surface area contributed by atoms with Crippen molar-refractivity contribution < 1.29 is 34.5 Å². The highest BCUT2D eigenvalue weighted by atomic mass is 35.5. The van der Waals surface area contributed by atoms with Gasteiger partial charge in [-0.2, -0.15) is 0 Å². The number of nitrogens with zero attached hydrogens (tertiary/aromatic N) is 2. The molecule has 1 aliphatic rings. The Kier molecular flexibility index (Phi) is 15.2. The number of para-hydroxylation sites is 1. The Morgan fingerprint density at radius 1 is 1.12 bits per heavy atom.